The summed E-state index contributed by atoms with van der Waals surface area (Å²) in [6.07, 6.45) is 7.08. The Bertz CT molecular complexity index is 836. The van der Waals surface area contributed by atoms with Gasteiger partial charge in [-0.2, -0.15) is 0 Å². The van der Waals surface area contributed by atoms with Crippen LogP contribution < -0.4 is 4.74 Å². The number of carbonyl (C=O) groups excluding carboxylic acids is 1. The molecule has 0 spiro atoms. The van der Waals surface area contributed by atoms with Gasteiger partial charge in [0.15, 0.2) is 0 Å². The Morgan fingerprint density at radius 3 is 2.79 bits per heavy atom. The molecule has 5 heteroatoms. The number of carbonyl (C=O) groups is 1. The van der Waals surface area contributed by atoms with Crippen molar-refractivity contribution >= 4 is 17.2 Å². The zero-order valence-corrected chi connectivity index (χ0v) is 17.4. The van der Waals surface area contributed by atoms with Gasteiger partial charge in [0.05, 0.1) is 12.0 Å². The first-order valence-corrected chi connectivity index (χ1v) is 11.1. The summed E-state index contributed by atoms with van der Waals surface area (Å²) in [6.45, 7) is 1.59. The van der Waals surface area contributed by atoms with Crippen molar-refractivity contribution in [3.8, 4) is 5.75 Å². The van der Waals surface area contributed by atoms with Crippen molar-refractivity contribution in [2.45, 2.75) is 44.9 Å². The summed E-state index contributed by atoms with van der Waals surface area (Å²) in [4.78, 5) is 16.1. The van der Waals surface area contributed by atoms with E-state index in [0.29, 0.717) is 0 Å². The second-order valence-electron chi connectivity index (χ2n) is 8.25. The quantitative estimate of drug-likeness (QED) is 0.824. The van der Waals surface area contributed by atoms with Crippen LogP contribution in [-0.4, -0.2) is 42.7 Å². The van der Waals surface area contributed by atoms with Gasteiger partial charge in [-0.05, 0) is 79.1 Å². The van der Waals surface area contributed by atoms with Crippen LogP contribution in [0.25, 0.3) is 0 Å². The summed E-state index contributed by atoms with van der Waals surface area (Å²) in [6, 6.07) is 8.08. The zero-order valence-electron chi connectivity index (χ0n) is 16.6. The lowest BCUT2D eigenvalue weighted by Gasteiger charge is -2.41. The normalized spacial score (nSPS) is 18.6. The van der Waals surface area contributed by atoms with Crippen molar-refractivity contribution in [2.75, 3.05) is 26.8 Å². The van der Waals surface area contributed by atoms with Gasteiger partial charge in [-0.1, -0.05) is 12.1 Å². The number of aliphatic hydroxyl groups excluding tert-OH is 1. The SMILES string of the molecule is COc1cccc(CC2(CO)CCN(C(=O)c3scc4c3CCCC4)CC2)c1. The molecule has 2 heterocycles. The number of thiophene rings is 1. The molecule has 28 heavy (non-hydrogen) atoms. The summed E-state index contributed by atoms with van der Waals surface area (Å²) in [7, 11) is 1.67. The molecule has 1 N–H and O–H groups in total. The number of hydrogen-bond acceptors (Lipinski definition) is 4. The lowest BCUT2D eigenvalue weighted by molar-refractivity contribution is 0.0360. The molecule has 4 rings (SSSR count). The molecule has 1 aromatic carbocycles. The number of nitrogens with zero attached hydrogens (tertiary/aromatic N) is 1. The number of amides is 1. The number of aliphatic hydroxyl groups is 1. The van der Waals surface area contributed by atoms with Crippen molar-refractivity contribution in [3.63, 3.8) is 0 Å². The molecule has 1 saturated heterocycles. The predicted molar refractivity (Wildman–Crippen MR) is 112 cm³/mol. The molecule has 0 bridgehead atoms. The van der Waals surface area contributed by atoms with Gasteiger partial charge in [0.1, 0.15) is 5.75 Å². The highest BCUT2D eigenvalue weighted by Crippen LogP contribution is 2.37. The topological polar surface area (TPSA) is 49.8 Å². The van der Waals surface area contributed by atoms with Crippen molar-refractivity contribution in [3.05, 3.63) is 51.2 Å². The number of likely N-dealkylation sites (tertiary alicyclic amines) is 1. The highest BCUT2D eigenvalue weighted by atomic mass is 32.1. The molecular weight excluding hydrogens is 370 g/mol. The number of hydrogen-bond donors (Lipinski definition) is 1. The number of piperidine rings is 1. The molecule has 2 aliphatic rings. The van der Waals surface area contributed by atoms with Gasteiger partial charge in [0.25, 0.3) is 5.91 Å². The minimum Gasteiger partial charge on any atom is -0.497 e. The van der Waals surface area contributed by atoms with Gasteiger partial charge in [-0.15, -0.1) is 11.3 Å². The molecule has 150 valence electrons. The molecule has 4 nitrogen and oxygen atoms in total. The lowest BCUT2D eigenvalue weighted by Crippen LogP contribution is -2.45. The van der Waals surface area contributed by atoms with E-state index >= 15 is 0 Å². The summed E-state index contributed by atoms with van der Waals surface area (Å²) in [5.74, 6) is 1.04. The molecule has 0 saturated carbocycles. The number of fused-ring (bicyclic) bond motifs is 1. The summed E-state index contributed by atoms with van der Waals surface area (Å²) >= 11 is 1.62. The van der Waals surface area contributed by atoms with Crippen LogP contribution in [0.15, 0.2) is 29.6 Å². The zero-order chi connectivity index (χ0) is 19.6. The lowest BCUT2D eigenvalue weighted by atomic mass is 9.74. The van der Waals surface area contributed by atoms with Crippen molar-refractivity contribution in [1.29, 1.82) is 0 Å². The van der Waals surface area contributed by atoms with E-state index in [1.54, 1.807) is 18.4 Å². The summed E-state index contributed by atoms with van der Waals surface area (Å²) in [5.41, 5.74) is 3.72. The Kier molecular flexibility index (Phi) is 5.74. The van der Waals surface area contributed by atoms with E-state index in [-0.39, 0.29) is 17.9 Å². The molecule has 2 aromatic rings. The fourth-order valence-corrected chi connectivity index (χ4v) is 5.76. The Labute approximate surface area is 171 Å². The second-order valence-corrected chi connectivity index (χ2v) is 9.13. The minimum atomic E-state index is -0.155. The average Bonchev–Trinajstić information content (AvgIpc) is 3.18. The molecule has 1 aliphatic carbocycles. The molecule has 0 atom stereocenters. The Morgan fingerprint density at radius 1 is 1.25 bits per heavy atom. The maximum Gasteiger partial charge on any atom is 0.264 e. The average molecular weight is 400 g/mol. The monoisotopic (exact) mass is 399 g/mol. The van der Waals surface area contributed by atoms with Crippen LogP contribution >= 0.6 is 11.3 Å². The van der Waals surface area contributed by atoms with E-state index in [2.05, 4.69) is 11.4 Å². The third-order valence-electron chi connectivity index (χ3n) is 6.46. The largest absolute Gasteiger partial charge is 0.497 e. The molecule has 1 amide bonds. The maximum absolute atomic E-state index is 13.1. The molecular formula is C23H29NO3S. The first-order valence-electron chi connectivity index (χ1n) is 10.3. The van der Waals surface area contributed by atoms with E-state index in [9.17, 15) is 9.90 Å². The first-order chi connectivity index (χ1) is 13.6. The highest BCUT2D eigenvalue weighted by molar-refractivity contribution is 7.12. The van der Waals surface area contributed by atoms with Crippen LogP contribution in [0, 0.1) is 5.41 Å². The van der Waals surface area contributed by atoms with Gasteiger partial charge in [0.2, 0.25) is 0 Å². The van der Waals surface area contributed by atoms with E-state index in [4.69, 9.17) is 4.74 Å². The fraction of sp³-hybridized carbons (Fsp3) is 0.522. The standard InChI is InChI=1S/C23H29NO3S/c1-27-19-7-4-5-17(13-19)14-23(16-25)9-11-24(12-10-23)22(26)21-20-8-3-2-6-18(20)15-28-21/h4-5,7,13,15,25H,2-3,6,8-12,14,16H2,1H3. The van der Waals surface area contributed by atoms with Crippen LogP contribution in [0.4, 0.5) is 0 Å². The van der Waals surface area contributed by atoms with Crippen LogP contribution in [0.5, 0.6) is 5.75 Å². The van der Waals surface area contributed by atoms with Crippen LogP contribution in [0.2, 0.25) is 0 Å². The van der Waals surface area contributed by atoms with Gasteiger partial charge in [0, 0.05) is 25.1 Å². The number of aryl methyl sites for hydroxylation is 1. The van der Waals surface area contributed by atoms with Crippen LogP contribution in [-0.2, 0) is 19.3 Å². The van der Waals surface area contributed by atoms with Crippen molar-refractivity contribution in [1.82, 2.24) is 4.90 Å². The first kappa shape index (κ1) is 19.5. The van der Waals surface area contributed by atoms with Crippen LogP contribution in [0.1, 0.15) is 52.0 Å². The second kappa shape index (κ2) is 8.26. The predicted octanol–water partition coefficient (Wildman–Crippen LogP) is 4.09. The van der Waals surface area contributed by atoms with E-state index in [1.807, 2.05) is 23.1 Å². The van der Waals surface area contributed by atoms with E-state index in [0.717, 1.165) is 55.8 Å². The third kappa shape index (κ3) is 3.83. The summed E-state index contributed by atoms with van der Waals surface area (Å²) in [5, 5.41) is 12.4. The van der Waals surface area contributed by atoms with Gasteiger partial charge in [-0.3, -0.25) is 4.79 Å². The fourth-order valence-electron chi connectivity index (χ4n) is 4.63. The third-order valence-corrected chi connectivity index (χ3v) is 7.52. The Balaban J connectivity index is 1.43. The maximum atomic E-state index is 13.1. The number of benzene rings is 1. The van der Waals surface area contributed by atoms with E-state index < -0.39 is 0 Å². The van der Waals surface area contributed by atoms with Crippen molar-refractivity contribution < 1.29 is 14.6 Å². The van der Waals surface area contributed by atoms with Gasteiger partial charge >= 0.3 is 0 Å². The Morgan fingerprint density at radius 2 is 2.04 bits per heavy atom. The molecule has 1 aliphatic heterocycles. The number of rotatable bonds is 5. The minimum absolute atomic E-state index is 0.153. The number of methoxy groups -OCH3 is 1. The number of ether oxygens (including phenoxy) is 1. The Hall–Kier alpha value is -1.85. The molecule has 0 unspecified atom stereocenters. The van der Waals surface area contributed by atoms with Gasteiger partial charge in [-0.25, -0.2) is 0 Å². The smallest absolute Gasteiger partial charge is 0.264 e. The molecule has 1 aromatic heterocycles. The summed E-state index contributed by atoms with van der Waals surface area (Å²) < 4.78 is 5.33. The van der Waals surface area contributed by atoms with Crippen LogP contribution in [0.3, 0.4) is 0 Å². The molecule has 1 fully saturated rings. The van der Waals surface area contributed by atoms with Gasteiger partial charge < -0.3 is 14.7 Å². The van der Waals surface area contributed by atoms with Crippen molar-refractivity contribution in [2.24, 2.45) is 5.41 Å². The molecule has 0 radical (unpaired) electrons. The van der Waals surface area contributed by atoms with E-state index in [1.165, 1.54) is 29.5 Å². The highest BCUT2D eigenvalue weighted by Gasteiger charge is 2.36.